The summed E-state index contributed by atoms with van der Waals surface area (Å²) >= 11 is 0. The molecule has 0 saturated carbocycles. The Bertz CT molecular complexity index is 106. The first kappa shape index (κ1) is 10.4. The summed E-state index contributed by atoms with van der Waals surface area (Å²) in [4.78, 5) is 10.2. The van der Waals surface area contributed by atoms with Gasteiger partial charge in [-0.2, -0.15) is 0 Å². The third-order valence-electron chi connectivity index (χ3n) is 1.46. The molecule has 1 fully saturated rings. The zero-order valence-corrected chi connectivity index (χ0v) is 7.17. The highest BCUT2D eigenvalue weighted by atomic mass is 16.5. The number of ether oxygens (including phenoxy) is 1. The van der Waals surface area contributed by atoms with Gasteiger partial charge in [0.1, 0.15) is 0 Å². The van der Waals surface area contributed by atoms with Crippen LogP contribution in [0, 0.1) is 0 Å². The molecule has 0 radical (unpaired) electrons. The van der Waals surface area contributed by atoms with Gasteiger partial charge in [-0.25, -0.2) is 4.79 Å². The normalized spacial score (nSPS) is 23.3. The van der Waals surface area contributed by atoms with E-state index in [-0.39, 0.29) is 0 Å². The maximum absolute atomic E-state index is 10.2. The van der Waals surface area contributed by atoms with E-state index in [2.05, 4.69) is 0 Å². The van der Waals surface area contributed by atoms with E-state index in [0.29, 0.717) is 13.0 Å². The molecule has 0 aromatic carbocycles. The van der Waals surface area contributed by atoms with Gasteiger partial charge in [-0.15, -0.1) is 0 Å². The molecular formula is C8H16O3. The van der Waals surface area contributed by atoms with Gasteiger partial charge in [0.15, 0.2) is 6.10 Å². The van der Waals surface area contributed by atoms with Crippen molar-refractivity contribution in [2.24, 2.45) is 0 Å². The standard InChI is InChI=1S/C6H10O3.C2H6/c7-6(8)5-3-1-2-4-9-5;1-2/h5H,1-4H2,(H,7,8);1-2H3/t5-;/m0./s1. The quantitative estimate of drug-likeness (QED) is 0.634. The van der Waals surface area contributed by atoms with Crippen molar-refractivity contribution >= 4 is 5.97 Å². The largest absolute Gasteiger partial charge is 0.479 e. The van der Waals surface area contributed by atoms with Gasteiger partial charge in [0.2, 0.25) is 0 Å². The minimum Gasteiger partial charge on any atom is -0.479 e. The van der Waals surface area contributed by atoms with Crippen molar-refractivity contribution in [3.63, 3.8) is 0 Å². The van der Waals surface area contributed by atoms with Crippen LogP contribution in [0.5, 0.6) is 0 Å². The van der Waals surface area contributed by atoms with Gasteiger partial charge >= 0.3 is 5.97 Å². The number of hydrogen-bond donors (Lipinski definition) is 1. The van der Waals surface area contributed by atoms with Gasteiger partial charge in [0, 0.05) is 6.61 Å². The third kappa shape index (κ3) is 3.98. The highest BCUT2D eigenvalue weighted by Crippen LogP contribution is 2.11. The van der Waals surface area contributed by atoms with Crippen LogP contribution in [0.3, 0.4) is 0 Å². The van der Waals surface area contributed by atoms with E-state index in [4.69, 9.17) is 9.84 Å². The predicted molar refractivity (Wildman–Crippen MR) is 42.6 cm³/mol. The number of hydrogen-bond acceptors (Lipinski definition) is 2. The Morgan fingerprint density at radius 2 is 2.09 bits per heavy atom. The molecule has 1 saturated heterocycles. The Morgan fingerprint density at radius 1 is 1.45 bits per heavy atom. The van der Waals surface area contributed by atoms with Gasteiger partial charge in [-0.3, -0.25) is 0 Å². The van der Waals surface area contributed by atoms with E-state index in [1.54, 1.807) is 0 Å². The van der Waals surface area contributed by atoms with Crippen LogP contribution in [0.25, 0.3) is 0 Å². The summed E-state index contributed by atoms with van der Waals surface area (Å²) in [5.74, 6) is -0.824. The van der Waals surface area contributed by atoms with E-state index in [9.17, 15) is 4.79 Å². The number of carboxylic acids is 1. The number of aliphatic carboxylic acids is 1. The fourth-order valence-corrected chi connectivity index (χ4v) is 0.935. The maximum Gasteiger partial charge on any atom is 0.332 e. The highest BCUT2D eigenvalue weighted by molar-refractivity contribution is 5.72. The summed E-state index contributed by atoms with van der Waals surface area (Å²) in [6, 6.07) is 0. The molecular weight excluding hydrogens is 144 g/mol. The Balaban J connectivity index is 0.000000461. The molecule has 1 aliphatic heterocycles. The van der Waals surface area contributed by atoms with Gasteiger partial charge in [0.05, 0.1) is 0 Å². The number of rotatable bonds is 1. The van der Waals surface area contributed by atoms with Crippen LogP contribution in [0.1, 0.15) is 33.1 Å². The second-order valence-corrected chi connectivity index (χ2v) is 2.19. The summed E-state index contributed by atoms with van der Waals surface area (Å²) in [6.45, 7) is 4.61. The first-order valence-corrected chi connectivity index (χ1v) is 4.15. The topological polar surface area (TPSA) is 46.5 Å². The van der Waals surface area contributed by atoms with Crippen molar-refractivity contribution in [1.29, 1.82) is 0 Å². The molecule has 0 unspecified atom stereocenters. The second-order valence-electron chi connectivity index (χ2n) is 2.19. The number of carbonyl (C=O) groups is 1. The van der Waals surface area contributed by atoms with Crippen molar-refractivity contribution in [2.75, 3.05) is 6.61 Å². The molecule has 3 nitrogen and oxygen atoms in total. The summed E-state index contributed by atoms with van der Waals surface area (Å²) in [6.07, 6.45) is 2.13. The summed E-state index contributed by atoms with van der Waals surface area (Å²) in [7, 11) is 0. The lowest BCUT2D eigenvalue weighted by atomic mass is 10.1. The van der Waals surface area contributed by atoms with Crippen LogP contribution < -0.4 is 0 Å². The molecule has 0 amide bonds. The molecule has 11 heavy (non-hydrogen) atoms. The SMILES string of the molecule is CC.O=C(O)[C@@H]1CCCCO1. The smallest absolute Gasteiger partial charge is 0.332 e. The maximum atomic E-state index is 10.2. The minimum atomic E-state index is -0.824. The summed E-state index contributed by atoms with van der Waals surface area (Å²) in [5.41, 5.74) is 0. The van der Waals surface area contributed by atoms with Crippen LogP contribution in [0.15, 0.2) is 0 Å². The molecule has 66 valence electrons. The van der Waals surface area contributed by atoms with Gasteiger partial charge in [0.25, 0.3) is 0 Å². The van der Waals surface area contributed by atoms with Crippen molar-refractivity contribution in [3.05, 3.63) is 0 Å². The van der Waals surface area contributed by atoms with Crippen molar-refractivity contribution in [1.82, 2.24) is 0 Å². The van der Waals surface area contributed by atoms with Crippen LogP contribution in [0.4, 0.5) is 0 Å². The molecule has 0 aliphatic carbocycles. The van der Waals surface area contributed by atoms with E-state index in [0.717, 1.165) is 12.8 Å². The minimum absolute atomic E-state index is 0.529. The van der Waals surface area contributed by atoms with Crippen molar-refractivity contribution in [3.8, 4) is 0 Å². The Labute approximate surface area is 67.4 Å². The van der Waals surface area contributed by atoms with Gasteiger partial charge in [-0.1, -0.05) is 13.8 Å². The zero-order chi connectivity index (χ0) is 8.69. The van der Waals surface area contributed by atoms with Crippen molar-refractivity contribution in [2.45, 2.75) is 39.2 Å². The molecule has 0 aromatic heterocycles. The monoisotopic (exact) mass is 160 g/mol. The lowest BCUT2D eigenvalue weighted by Gasteiger charge is -2.17. The molecule has 0 bridgehead atoms. The van der Waals surface area contributed by atoms with E-state index in [1.807, 2.05) is 13.8 Å². The summed E-state index contributed by atoms with van der Waals surface area (Å²) < 4.78 is 4.94. The van der Waals surface area contributed by atoms with Crippen LogP contribution >= 0.6 is 0 Å². The van der Waals surface area contributed by atoms with E-state index >= 15 is 0 Å². The van der Waals surface area contributed by atoms with Gasteiger partial charge in [-0.05, 0) is 19.3 Å². The molecule has 1 heterocycles. The van der Waals surface area contributed by atoms with Crippen LogP contribution in [0.2, 0.25) is 0 Å². The van der Waals surface area contributed by atoms with Crippen LogP contribution in [-0.4, -0.2) is 23.8 Å². The first-order valence-electron chi connectivity index (χ1n) is 4.15. The second kappa shape index (κ2) is 6.16. The fraction of sp³-hybridized carbons (Fsp3) is 0.875. The molecule has 1 aliphatic rings. The fourth-order valence-electron chi connectivity index (χ4n) is 0.935. The average Bonchev–Trinajstić information content (AvgIpc) is 2.10. The lowest BCUT2D eigenvalue weighted by molar-refractivity contribution is -0.153. The lowest BCUT2D eigenvalue weighted by Crippen LogP contribution is -2.27. The molecule has 3 heteroatoms. The molecule has 0 spiro atoms. The Kier molecular flexibility index (Phi) is 5.84. The summed E-state index contributed by atoms with van der Waals surface area (Å²) in [5, 5.41) is 8.41. The van der Waals surface area contributed by atoms with E-state index < -0.39 is 12.1 Å². The van der Waals surface area contributed by atoms with Crippen molar-refractivity contribution < 1.29 is 14.6 Å². The Hall–Kier alpha value is -0.570. The van der Waals surface area contributed by atoms with Crippen LogP contribution in [-0.2, 0) is 9.53 Å². The highest BCUT2D eigenvalue weighted by Gasteiger charge is 2.20. The third-order valence-corrected chi connectivity index (χ3v) is 1.46. The molecule has 0 aromatic rings. The molecule has 1 N–H and O–H groups in total. The first-order chi connectivity index (χ1) is 5.30. The molecule has 1 rings (SSSR count). The van der Waals surface area contributed by atoms with E-state index in [1.165, 1.54) is 0 Å². The zero-order valence-electron chi connectivity index (χ0n) is 7.17. The molecule has 1 atom stereocenters. The predicted octanol–water partition coefficient (Wildman–Crippen LogP) is 1.67. The van der Waals surface area contributed by atoms with Gasteiger partial charge < -0.3 is 9.84 Å². The Morgan fingerprint density at radius 3 is 2.36 bits per heavy atom. The average molecular weight is 160 g/mol. The number of carboxylic acid groups (broad SMARTS) is 1.